The first-order chi connectivity index (χ1) is 8.75. The minimum atomic E-state index is -0.0735. The number of furan rings is 1. The van der Waals surface area contributed by atoms with Crippen LogP contribution < -0.4 is 0 Å². The van der Waals surface area contributed by atoms with E-state index in [1.807, 2.05) is 10.3 Å². The molecule has 1 atom stereocenters. The van der Waals surface area contributed by atoms with E-state index in [1.54, 1.807) is 23.5 Å². The molecule has 0 N–H and O–H groups in total. The van der Waals surface area contributed by atoms with Gasteiger partial charge in [-0.1, -0.05) is 0 Å². The Morgan fingerprint density at radius 3 is 3.00 bits per heavy atom. The molecule has 94 valence electrons. The minimum absolute atomic E-state index is 0.0735. The van der Waals surface area contributed by atoms with Gasteiger partial charge in [0.1, 0.15) is 0 Å². The van der Waals surface area contributed by atoms with Gasteiger partial charge in [-0.25, -0.2) is 0 Å². The first-order valence-electron chi connectivity index (χ1n) is 5.84. The number of hydrogen-bond acceptors (Lipinski definition) is 3. The van der Waals surface area contributed by atoms with Crippen LogP contribution in [0.15, 0.2) is 33.4 Å². The van der Waals surface area contributed by atoms with Crippen LogP contribution in [0, 0.1) is 0 Å². The fourth-order valence-corrected chi connectivity index (χ4v) is 3.24. The van der Waals surface area contributed by atoms with Gasteiger partial charge in [0.25, 0.3) is 5.91 Å². The smallest absolute Gasteiger partial charge is 0.290 e. The number of carbonyl (C=O) groups is 1. The van der Waals surface area contributed by atoms with Gasteiger partial charge in [-0.2, -0.15) is 11.3 Å². The zero-order valence-corrected chi connectivity index (χ0v) is 11.2. The van der Waals surface area contributed by atoms with Gasteiger partial charge < -0.3 is 9.32 Å². The van der Waals surface area contributed by atoms with E-state index in [0.717, 1.165) is 19.4 Å². The first kappa shape index (κ1) is 11.8. The fourth-order valence-electron chi connectivity index (χ4n) is 2.39. The summed E-state index contributed by atoms with van der Waals surface area (Å²) >= 11 is 7.37. The molecule has 5 heteroatoms. The van der Waals surface area contributed by atoms with E-state index in [4.69, 9.17) is 16.0 Å². The lowest BCUT2D eigenvalue weighted by Crippen LogP contribution is -2.30. The van der Waals surface area contributed by atoms with E-state index in [1.165, 1.54) is 5.56 Å². The topological polar surface area (TPSA) is 33.5 Å². The molecule has 3 nitrogen and oxygen atoms in total. The maximum absolute atomic E-state index is 12.3. The van der Waals surface area contributed by atoms with Crippen molar-refractivity contribution in [3.63, 3.8) is 0 Å². The van der Waals surface area contributed by atoms with Gasteiger partial charge in [-0.15, -0.1) is 0 Å². The minimum Gasteiger partial charge on any atom is -0.440 e. The van der Waals surface area contributed by atoms with Gasteiger partial charge in [-0.3, -0.25) is 4.79 Å². The number of nitrogens with zero attached hydrogens (tertiary/aromatic N) is 1. The largest absolute Gasteiger partial charge is 0.440 e. The first-order valence-corrected chi connectivity index (χ1v) is 7.16. The van der Waals surface area contributed by atoms with E-state index in [9.17, 15) is 4.79 Å². The lowest BCUT2D eigenvalue weighted by atomic mass is 10.1. The van der Waals surface area contributed by atoms with Gasteiger partial charge in [-0.05, 0) is 59.0 Å². The molecule has 1 fully saturated rings. The molecule has 0 spiro atoms. The summed E-state index contributed by atoms with van der Waals surface area (Å²) in [6.07, 6.45) is 2.04. The second-order valence-corrected chi connectivity index (χ2v) is 5.47. The second kappa shape index (κ2) is 4.78. The van der Waals surface area contributed by atoms with Crippen LogP contribution in [0.1, 0.15) is 35.0 Å². The fraction of sp³-hybridized carbons (Fsp3) is 0.308. The number of likely N-dealkylation sites (tertiary alicyclic amines) is 1. The Morgan fingerprint density at radius 1 is 1.44 bits per heavy atom. The highest BCUT2D eigenvalue weighted by Gasteiger charge is 2.32. The van der Waals surface area contributed by atoms with Crippen LogP contribution in [0.5, 0.6) is 0 Å². The van der Waals surface area contributed by atoms with E-state index in [-0.39, 0.29) is 17.2 Å². The number of hydrogen-bond donors (Lipinski definition) is 0. The molecule has 0 unspecified atom stereocenters. The second-order valence-electron chi connectivity index (χ2n) is 4.32. The molecule has 18 heavy (non-hydrogen) atoms. The summed E-state index contributed by atoms with van der Waals surface area (Å²) in [5.41, 5.74) is 1.21. The van der Waals surface area contributed by atoms with Crippen molar-refractivity contribution >= 4 is 28.8 Å². The van der Waals surface area contributed by atoms with Crippen LogP contribution in [0.4, 0.5) is 0 Å². The summed E-state index contributed by atoms with van der Waals surface area (Å²) in [6.45, 7) is 0.775. The molecule has 0 bridgehead atoms. The van der Waals surface area contributed by atoms with Crippen LogP contribution >= 0.6 is 22.9 Å². The molecule has 3 rings (SSSR count). The van der Waals surface area contributed by atoms with Crippen LogP contribution in [0.2, 0.25) is 5.22 Å². The Morgan fingerprint density at radius 2 is 2.33 bits per heavy atom. The maximum Gasteiger partial charge on any atom is 0.290 e. The number of carbonyl (C=O) groups excluding carboxylic acids is 1. The number of thiophene rings is 1. The molecule has 1 saturated heterocycles. The molecule has 2 aromatic rings. The van der Waals surface area contributed by atoms with Crippen molar-refractivity contribution in [2.24, 2.45) is 0 Å². The Bertz CT molecular complexity index is 549. The Labute approximate surface area is 114 Å². The zero-order chi connectivity index (χ0) is 12.5. The lowest BCUT2D eigenvalue weighted by molar-refractivity contribution is 0.0703. The molecular weight excluding hydrogens is 270 g/mol. The van der Waals surface area contributed by atoms with Crippen molar-refractivity contribution in [3.8, 4) is 0 Å². The predicted octanol–water partition coefficient (Wildman–Crippen LogP) is 3.97. The third kappa shape index (κ3) is 2.06. The molecule has 1 aliphatic rings. The molecule has 0 aromatic carbocycles. The molecule has 1 amide bonds. The van der Waals surface area contributed by atoms with Crippen molar-refractivity contribution in [1.29, 1.82) is 0 Å². The highest BCUT2D eigenvalue weighted by molar-refractivity contribution is 7.07. The highest BCUT2D eigenvalue weighted by atomic mass is 35.5. The summed E-state index contributed by atoms with van der Waals surface area (Å²) in [7, 11) is 0. The molecule has 2 aromatic heterocycles. The quantitative estimate of drug-likeness (QED) is 0.834. The third-order valence-electron chi connectivity index (χ3n) is 3.23. The van der Waals surface area contributed by atoms with E-state index < -0.39 is 0 Å². The van der Waals surface area contributed by atoms with E-state index in [0.29, 0.717) is 5.76 Å². The van der Waals surface area contributed by atoms with Crippen molar-refractivity contribution in [3.05, 3.63) is 45.5 Å². The molecular formula is C13H12ClNO2S. The van der Waals surface area contributed by atoms with Crippen molar-refractivity contribution in [2.45, 2.75) is 18.9 Å². The maximum atomic E-state index is 12.3. The van der Waals surface area contributed by atoms with Crippen LogP contribution in [-0.4, -0.2) is 17.4 Å². The van der Waals surface area contributed by atoms with Crippen LogP contribution in [-0.2, 0) is 0 Å². The van der Waals surface area contributed by atoms with Crippen molar-refractivity contribution in [2.75, 3.05) is 6.54 Å². The molecule has 0 saturated carbocycles. The summed E-state index contributed by atoms with van der Waals surface area (Å²) in [5.74, 6) is 0.248. The molecule has 0 radical (unpaired) electrons. The van der Waals surface area contributed by atoms with Gasteiger partial charge >= 0.3 is 0 Å². The summed E-state index contributed by atoms with van der Waals surface area (Å²) < 4.78 is 5.20. The summed E-state index contributed by atoms with van der Waals surface area (Å²) in [4.78, 5) is 14.2. The highest BCUT2D eigenvalue weighted by Crippen LogP contribution is 2.34. The van der Waals surface area contributed by atoms with Gasteiger partial charge in [0.2, 0.25) is 0 Å². The predicted molar refractivity (Wildman–Crippen MR) is 71.0 cm³/mol. The lowest BCUT2D eigenvalue weighted by Gasteiger charge is -2.23. The van der Waals surface area contributed by atoms with Gasteiger partial charge in [0.15, 0.2) is 11.0 Å². The van der Waals surface area contributed by atoms with Crippen LogP contribution in [0.3, 0.4) is 0 Å². The summed E-state index contributed by atoms with van der Waals surface area (Å²) in [6, 6.07) is 5.49. The van der Waals surface area contributed by atoms with Crippen molar-refractivity contribution < 1.29 is 9.21 Å². The monoisotopic (exact) mass is 281 g/mol. The molecule has 3 heterocycles. The Hall–Kier alpha value is -1.26. The average Bonchev–Trinajstić information content (AvgIpc) is 3.08. The molecule has 0 aliphatic carbocycles. The standard InChI is InChI=1S/C13H12ClNO2S/c14-12-4-3-11(17-12)13(16)15-6-1-2-10(15)9-5-7-18-8-9/h3-5,7-8,10H,1-2,6H2/t10-/m0/s1. The molecule has 1 aliphatic heterocycles. The van der Waals surface area contributed by atoms with Crippen molar-refractivity contribution in [1.82, 2.24) is 4.90 Å². The number of amides is 1. The average molecular weight is 282 g/mol. The van der Waals surface area contributed by atoms with Gasteiger partial charge in [0, 0.05) is 6.54 Å². The number of rotatable bonds is 2. The zero-order valence-electron chi connectivity index (χ0n) is 9.64. The van der Waals surface area contributed by atoms with Gasteiger partial charge in [0.05, 0.1) is 6.04 Å². The Kier molecular flexibility index (Phi) is 3.14. The van der Waals surface area contributed by atoms with Crippen LogP contribution in [0.25, 0.3) is 0 Å². The summed E-state index contributed by atoms with van der Waals surface area (Å²) in [5, 5.41) is 4.40. The normalized spacial score (nSPS) is 19.4. The third-order valence-corrected chi connectivity index (χ3v) is 4.13. The van der Waals surface area contributed by atoms with E-state index in [2.05, 4.69) is 11.4 Å². The SMILES string of the molecule is O=C(c1ccc(Cl)o1)N1CCC[C@H]1c1ccsc1. The van der Waals surface area contributed by atoms with E-state index >= 15 is 0 Å². The number of halogens is 1. The Balaban J connectivity index is 1.85.